The zero-order chi connectivity index (χ0) is 23.2. The molecule has 32 heavy (non-hydrogen) atoms. The number of hydrogen-bond donors (Lipinski definition) is 1. The second-order valence-electron chi connectivity index (χ2n) is 6.80. The van der Waals surface area contributed by atoms with E-state index in [0.717, 1.165) is 10.5 Å². The van der Waals surface area contributed by atoms with E-state index in [1.54, 1.807) is 49.4 Å². The second-order valence-corrected chi connectivity index (χ2v) is 8.91. The summed E-state index contributed by atoms with van der Waals surface area (Å²) in [7, 11) is 0. The molecule has 0 atom stereocenters. The Balaban J connectivity index is 1.85. The molecule has 4 rings (SSSR count). The van der Waals surface area contributed by atoms with Gasteiger partial charge in [-0.05, 0) is 58.7 Å². The summed E-state index contributed by atoms with van der Waals surface area (Å²) in [6.07, 6.45) is -4.73. The predicted octanol–water partition coefficient (Wildman–Crippen LogP) is 7.15. The number of fused-ring (bicyclic) bond motifs is 1. The SMILES string of the molecule is Cc1c(Cl)cccc1NC(=O)c1nn2c(C(F)(F)F)cc(-c3ccc(Br)cc3)nc2c1Br. The molecule has 0 spiro atoms. The summed E-state index contributed by atoms with van der Waals surface area (Å²) in [5.74, 6) is -0.703. The Morgan fingerprint density at radius 2 is 1.81 bits per heavy atom. The van der Waals surface area contributed by atoms with Crippen LogP contribution in [-0.4, -0.2) is 20.5 Å². The van der Waals surface area contributed by atoms with Crippen molar-refractivity contribution >= 4 is 60.7 Å². The summed E-state index contributed by atoms with van der Waals surface area (Å²) >= 11 is 12.6. The van der Waals surface area contributed by atoms with Crippen molar-refractivity contribution in [3.8, 4) is 11.3 Å². The van der Waals surface area contributed by atoms with Gasteiger partial charge in [-0.2, -0.15) is 18.3 Å². The standard InChI is InChI=1S/C21H12Br2ClF3N4O/c1-10-13(24)3-2-4-14(10)29-20(32)18-17(23)19-28-15(11-5-7-12(22)8-6-11)9-16(21(25,26)27)31(19)30-18/h2-9H,1H3,(H,29,32). The van der Waals surface area contributed by atoms with Crippen molar-refractivity contribution in [3.05, 3.63) is 79.5 Å². The zero-order valence-electron chi connectivity index (χ0n) is 16.1. The van der Waals surface area contributed by atoms with E-state index in [-0.39, 0.29) is 21.5 Å². The van der Waals surface area contributed by atoms with E-state index in [0.29, 0.717) is 26.4 Å². The third-order valence-corrected chi connectivity index (χ3v) is 6.36. The fourth-order valence-electron chi connectivity index (χ4n) is 3.03. The maximum Gasteiger partial charge on any atom is 0.433 e. The van der Waals surface area contributed by atoms with Gasteiger partial charge in [-0.1, -0.05) is 45.7 Å². The van der Waals surface area contributed by atoms with Crippen LogP contribution in [0.25, 0.3) is 16.9 Å². The third-order valence-electron chi connectivity index (χ3n) is 4.69. The topological polar surface area (TPSA) is 59.3 Å². The predicted molar refractivity (Wildman–Crippen MR) is 123 cm³/mol. The summed E-state index contributed by atoms with van der Waals surface area (Å²) in [5, 5.41) is 6.99. The largest absolute Gasteiger partial charge is 0.433 e. The number of alkyl halides is 3. The van der Waals surface area contributed by atoms with E-state index in [2.05, 4.69) is 47.3 Å². The number of anilines is 1. The molecule has 0 radical (unpaired) electrons. The van der Waals surface area contributed by atoms with Crippen molar-refractivity contribution in [3.63, 3.8) is 0 Å². The Morgan fingerprint density at radius 1 is 1.12 bits per heavy atom. The number of nitrogens with zero attached hydrogens (tertiary/aromatic N) is 3. The first-order valence-corrected chi connectivity index (χ1v) is 11.0. The summed E-state index contributed by atoms with van der Waals surface area (Å²) < 4.78 is 42.9. The molecule has 164 valence electrons. The van der Waals surface area contributed by atoms with Gasteiger partial charge in [0.2, 0.25) is 0 Å². The van der Waals surface area contributed by atoms with E-state index in [4.69, 9.17) is 11.6 Å². The minimum absolute atomic E-state index is 0.0409. The van der Waals surface area contributed by atoms with Crippen LogP contribution in [0, 0.1) is 6.92 Å². The minimum Gasteiger partial charge on any atom is -0.320 e. The summed E-state index contributed by atoms with van der Waals surface area (Å²) in [6.45, 7) is 1.71. The van der Waals surface area contributed by atoms with Gasteiger partial charge in [0.05, 0.1) is 10.2 Å². The molecule has 2 aromatic carbocycles. The maximum absolute atomic E-state index is 13.8. The number of carbonyl (C=O) groups excluding carboxylic acids is 1. The van der Waals surface area contributed by atoms with E-state index < -0.39 is 17.8 Å². The number of nitrogens with one attached hydrogen (secondary N) is 1. The summed E-state index contributed by atoms with van der Waals surface area (Å²) in [5.41, 5.74) is 0.186. The highest BCUT2D eigenvalue weighted by Crippen LogP contribution is 2.35. The molecule has 11 heteroatoms. The van der Waals surface area contributed by atoms with Crippen LogP contribution in [0.1, 0.15) is 21.7 Å². The highest BCUT2D eigenvalue weighted by atomic mass is 79.9. The van der Waals surface area contributed by atoms with Gasteiger partial charge >= 0.3 is 6.18 Å². The van der Waals surface area contributed by atoms with Gasteiger partial charge in [0.15, 0.2) is 17.0 Å². The first-order valence-electron chi connectivity index (χ1n) is 9.05. The molecule has 0 aliphatic heterocycles. The molecule has 5 nitrogen and oxygen atoms in total. The molecule has 0 fully saturated rings. The monoisotopic (exact) mass is 586 g/mol. The average molecular weight is 589 g/mol. The van der Waals surface area contributed by atoms with Crippen LogP contribution in [0.4, 0.5) is 18.9 Å². The maximum atomic E-state index is 13.8. The van der Waals surface area contributed by atoms with Crippen molar-refractivity contribution < 1.29 is 18.0 Å². The van der Waals surface area contributed by atoms with E-state index in [9.17, 15) is 18.0 Å². The van der Waals surface area contributed by atoms with E-state index in [1.807, 2.05) is 0 Å². The highest BCUT2D eigenvalue weighted by Gasteiger charge is 2.36. The first kappa shape index (κ1) is 22.8. The zero-order valence-corrected chi connectivity index (χ0v) is 20.1. The molecule has 2 heterocycles. The van der Waals surface area contributed by atoms with Gasteiger partial charge in [0.25, 0.3) is 5.91 Å². The fourth-order valence-corrected chi connectivity index (χ4v) is 3.99. The quantitative estimate of drug-likeness (QED) is 0.277. The lowest BCUT2D eigenvalue weighted by Crippen LogP contribution is -2.16. The van der Waals surface area contributed by atoms with Crippen molar-refractivity contribution in [2.24, 2.45) is 0 Å². The normalized spacial score (nSPS) is 11.7. The number of amides is 1. The van der Waals surface area contributed by atoms with Gasteiger partial charge in [-0.15, -0.1) is 0 Å². The van der Waals surface area contributed by atoms with Gasteiger partial charge in [-0.3, -0.25) is 4.79 Å². The molecular weight excluding hydrogens is 577 g/mol. The third kappa shape index (κ3) is 4.26. The number of benzene rings is 2. The molecule has 4 aromatic rings. The lowest BCUT2D eigenvalue weighted by molar-refractivity contribution is -0.142. The van der Waals surface area contributed by atoms with Crippen LogP contribution in [0.3, 0.4) is 0 Å². The van der Waals surface area contributed by atoms with Crippen LogP contribution in [-0.2, 0) is 6.18 Å². The Kier molecular flexibility index (Phi) is 6.04. The summed E-state index contributed by atoms with van der Waals surface area (Å²) in [6, 6.07) is 12.5. The van der Waals surface area contributed by atoms with Crippen LogP contribution in [0.5, 0.6) is 0 Å². The molecule has 0 saturated heterocycles. The molecule has 2 aromatic heterocycles. The molecule has 0 bridgehead atoms. The van der Waals surface area contributed by atoms with Gasteiger partial charge in [0.1, 0.15) is 0 Å². The number of halogens is 6. The van der Waals surface area contributed by atoms with Crippen molar-refractivity contribution in [1.29, 1.82) is 0 Å². The molecule has 0 unspecified atom stereocenters. The Hall–Kier alpha value is -2.43. The van der Waals surface area contributed by atoms with Crippen molar-refractivity contribution in [2.75, 3.05) is 5.32 Å². The molecule has 0 aliphatic carbocycles. The lowest BCUT2D eigenvalue weighted by Gasteiger charge is -2.11. The number of hydrogen-bond acceptors (Lipinski definition) is 3. The van der Waals surface area contributed by atoms with Crippen LogP contribution in [0.2, 0.25) is 5.02 Å². The van der Waals surface area contributed by atoms with Gasteiger partial charge in [-0.25, -0.2) is 9.50 Å². The molecular formula is C21H12Br2ClF3N4O. The van der Waals surface area contributed by atoms with Crippen LogP contribution < -0.4 is 5.32 Å². The first-order chi connectivity index (χ1) is 15.1. The van der Waals surface area contributed by atoms with Crippen molar-refractivity contribution in [1.82, 2.24) is 14.6 Å². The highest BCUT2D eigenvalue weighted by molar-refractivity contribution is 9.11. The van der Waals surface area contributed by atoms with E-state index >= 15 is 0 Å². The van der Waals surface area contributed by atoms with Crippen molar-refractivity contribution in [2.45, 2.75) is 13.1 Å². The van der Waals surface area contributed by atoms with Crippen LogP contribution in [0.15, 0.2) is 57.5 Å². The molecule has 1 amide bonds. The minimum atomic E-state index is -4.73. The smallest absolute Gasteiger partial charge is 0.320 e. The summed E-state index contributed by atoms with van der Waals surface area (Å²) in [4.78, 5) is 17.2. The van der Waals surface area contributed by atoms with Gasteiger partial charge < -0.3 is 5.32 Å². The lowest BCUT2D eigenvalue weighted by atomic mass is 10.1. The Labute approximate surface area is 201 Å². The van der Waals surface area contributed by atoms with Crippen LogP contribution >= 0.6 is 43.5 Å². The number of rotatable bonds is 3. The average Bonchev–Trinajstić information content (AvgIpc) is 3.07. The second kappa shape index (κ2) is 8.49. The molecule has 0 saturated carbocycles. The van der Waals surface area contributed by atoms with Gasteiger partial charge in [0, 0.05) is 20.7 Å². The fraction of sp³-hybridized carbons (Fsp3) is 0.0952. The Bertz CT molecular complexity index is 1350. The Morgan fingerprint density at radius 3 is 2.47 bits per heavy atom. The van der Waals surface area contributed by atoms with E-state index in [1.165, 1.54) is 0 Å². The number of carbonyl (C=O) groups is 1. The molecule has 0 aliphatic rings. The number of aromatic nitrogens is 3. The molecule has 1 N–H and O–H groups in total.